The number of carboxylic acid groups (broad SMARTS) is 1. The van der Waals surface area contributed by atoms with Crippen molar-refractivity contribution in [3.63, 3.8) is 0 Å². The molecule has 0 unspecified atom stereocenters. The van der Waals surface area contributed by atoms with Gasteiger partial charge in [-0.2, -0.15) is 0 Å². The molecule has 5 heteroatoms. The fraction of sp³-hybridized carbons (Fsp3) is 0.538. The van der Waals surface area contributed by atoms with Crippen molar-refractivity contribution in [1.29, 1.82) is 0 Å². The minimum atomic E-state index is -0.943. The lowest BCUT2D eigenvalue weighted by atomic mass is 9.87. The number of aliphatic hydroxyl groups is 1. The maximum absolute atomic E-state index is 10.8. The first kappa shape index (κ1) is 12.8. The van der Waals surface area contributed by atoms with Crippen LogP contribution in [0.3, 0.4) is 0 Å². The molecule has 5 nitrogen and oxygen atoms in total. The molecule has 0 amide bonds. The highest BCUT2D eigenvalue weighted by atomic mass is 16.4. The number of nitrogens with zero attached hydrogens (tertiary/aromatic N) is 1. The molecular weight excluding hydrogens is 232 g/mol. The van der Waals surface area contributed by atoms with Crippen LogP contribution in [-0.4, -0.2) is 33.8 Å². The Bertz CT molecular complexity index is 414. The van der Waals surface area contributed by atoms with Crippen LogP contribution in [0.15, 0.2) is 18.3 Å². The van der Waals surface area contributed by atoms with E-state index in [2.05, 4.69) is 10.3 Å². The van der Waals surface area contributed by atoms with Crippen molar-refractivity contribution in [3.05, 3.63) is 23.9 Å². The van der Waals surface area contributed by atoms with Gasteiger partial charge in [-0.15, -0.1) is 0 Å². The Morgan fingerprint density at radius 1 is 1.39 bits per heavy atom. The van der Waals surface area contributed by atoms with Gasteiger partial charge in [0, 0.05) is 12.7 Å². The third-order valence-electron chi connectivity index (χ3n) is 3.40. The zero-order valence-corrected chi connectivity index (χ0v) is 10.2. The first-order chi connectivity index (χ1) is 8.65. The number of aromatic nitrogens is 1. The van der Waals surface area contributed by atoms with Gasteiger partial charge in [0.05, 0.1) is 11.7 Å². The average molecular weight is 250 g/mol. The van der Waals surface area contributed by atoms with Crippen LogP contribution in [0, 0.1) is 5.92 Å². The topological polar surface area (TPSA) is 82.5 Å². The van der Waals surface area contributed by atoms with Crippen LogP contribution < -0.4 is 5.32 Å². The zero-order chi connectivity index (χ0) is 13.0. The summed E-state index contributed by atoms with van der Waals surface area (Å²) in [6, 6.07) is 3.02. The molecule has 0 aliphatic heterocycles. The van der Waals surface area contributed by atoms with Gasteiger partial charge < -0.3 is 15.5 Å². The van der Waals surface area contributed by atoms with Crippen molar-refractivity contribution >= 4 is 11.8 Å². The third-order valence-corrected chi connectivity index (χ3v) is 3.40. The van der Waals surface area contributed by atoms with E-state index in [1.54, 1.807) is 6.07 Å². The first-order valence-electron chi connectivity index (χ1n) is 6.26. The van der Waals surface area contributed by atoms with Crippen LogP contribution in [0.1, 0.15) is 36.0 Å². The molecule has 1 heterocycles. The summed E-state index contributed by atoms with van der Waals surface area (Å²) in [6.07, 6.45) is 5.08. The molecule has 0 bridgehead atoms. The van der Waals surface area contributed by atoms with Crippen molar-refractivity contribution < 1.29 is 15.0 Å². The van der Waals surface area contributed by atoms with Crippen LogP contribution in [0.25, 0.3) is 0 Å². The van der Waals surface area contributed by atoms with Gasteiger partial charge in [-0.1, -0.05) is 0 Å². The van der Waals surface area contributed by atoms with Gasteiger partial charge >= 0.3 is 5.97 Å². The minimum Gasteiger partial charge on any atom is -0.478 e. The fourth-order valence-corrected chi connectivity index (χ4v) is 2.26. The Morgan fingerprint density at radius 2 is 2.11 bits per heavy atom. The van der Waals surface area contributed by atoms with Gasteiger partial charge in [0.1, 0.15) is 5.82 Å². The lowest BCUT2D eigenvalue weighted by molar-refractivity contribution is 0.0696. The van der Waals surface area contributed by atoms with Gasteiger partial charge in [0.25, 0.3) is 0 Å². The third kappa shape index (κ3) is 3.43. The molecule has 98 valence electrons. The first-order valence-corrected chi connectivity index (χ1v) is 6.26. The number of anilines is 1. The number of hydrogen-bond acceptors (Lipinski definition) is 4. The predicted octanol–water partition coefficient (Wildman–Crippen LogP) is 1.74. The average Bonchev–Trinajstić information content (AvgIpc) is 2.38. The highest BCUT2D eigenvalue weighted by Gasteiger charge is 2.19. The van der Waals surface area contributed by atoms with E-state index in [1.165, 1.54) is 12.3 Å². The van der Waals surface area contributed by atoms with Gasteiger partial charge in [-0.3, -0.25) is 0 Å². The van der Waals surface area contributed by atoms with Crippen LogP contribution in [0.4, 0.5) is 5.82 Å². The quantitative estimate of drug-likeness (QED) is 0.758. The Morgan fingerprint density at radius 3 is 2.78 bits per heavy atom. The second-order valence-electron chi connectivity index (χ2n) is 4.79. The normalized spacial score (nSPS) is 23.6. The van der Waals surface area contributed by atoms with E-state index in [-0.39, 0.29) is 11.7 Å². The SMILES string of the molecule is O=C(O)c1ccnc(NCC2CCC(O)CC2)c1. The van der Waals surface area contributed by atoms with Crippen LogP contribution in [-0.2, 0) is 0 Å². The molecule has 2 rings (SSSR count). The highest BCUT2D eigenvalue weighted by molar-refractivity contribution is 5.88. The fourth-order valence-electron chi connectivity index (χ4n) is 2.26. The number of aliphatic hydroxyl groups excluding tert-OH is 1. The Labute approximate surface area is 106 Å². The molecule has 1 aliphatic carbocycles. The summed E-state index contributed by atoms with van der Waals surface area (Å²) in [7, 11) is 0. The van der Waals surface area contributed by atoms with Crippen molar-refractivity contribution in [2.75, 3.05) is 11.9 Å². The summed E-state index contributed by atoms with van der Waals surface area (Å²) in [4.78, 5) is 14.9. The summed E-state index contributed by atoms with van der Waals surface area (Å²) in [5, 5.41) is 21.5. The zero-order valence-electron chi connectivity index (χ0n) is 10.2. The number of rotatable bonds is 4. The molecule has 0 atom stereocenters. The summed E-state index contributed by atoms with van der Waals surface area (Å²) in [5.41, 5.74) is 0.242. The number of pyridine rings is 1. The molecule has 0 radical (unpaired) electrons. The number of nitrogens with one attached hydrogen (secondary N) is 1. The number of carbonyl (C=O) groups is 1. The number of carboxylic acids is 1. The minimum absolute atomic E-state index is 0.144. The largest absolute Gasteiger partial charge is 0.478 e. The van der Waals surface area contributed by atoms with E-state index in [0.717, 1.165) is 32.2 Å². The van der Waals surface area contributed by atoms with Gasteiger partial charge in [0.2, 0.25) is 0 Å². The van der Waals surface area contributed by atoms with E-state index < -0.39 is 5.97 Å². The number of hydrogen-bond donors (Lipinski definition) is 3. The molecule has 1 aliphatic rings. The summed E-state index contributed by atoms with van der Waals surface area (Å²) in [5.74, 6) is 0.186. The molecule has 0 saturated heterocycles. The molecule has 1 aromatic rings. The van der Waals surface area contributed by atoms with Crippen molar-refractivity contribution in [1.82, 2.24) is 4.98 Å². The molecule has 1 saturated carbocycles. The Hall–Kier alpha value is -1.62. The molecule has 0 spiro atoms. The molecule has 1 aromatic heterocycles. The maximum atomic E-state index is 10.8. The van der Waals surface area contributed by atoms with Crippen molar-refractivity contribution in [2.24, 2.45) is 5.92 Å². The van der Waals surface area contributed by atoms with E-state index in [0.29, 0.717) is 11.7 Å². The van der Waals surface area contributed by atoms with E-state index in [1.807, 2.05) is 0 Å². The van der Waals surface area contributed by atoms with E-state index >= 15 is 0 Å². The maximum Gasteiger partial charge on any atom is 0.335 e. The second-order valence-corrected chi connectivity index (χ2v) is 4.79. The molecule has 1 fully saturated rings. The van der Waals surface area contributed by atoms with Crippen molar-refractivity contribution in [2.45, 2.75) is 31.8 Å². The van der Waals surface area contributed by atoms with Gasteiger partial charge in [-0.25, -0.2) is 9.78 Å². The molecular formula is C13H18N2O3. The predicted molar refractivity (Wildman–Crippen MR) is 67.7 cm³/mol. The molecule has 0 aromatic carbocycles. The standard InChI is InChI=1S/C13H18N2O3/c16-11-3-1-9(2-4-11)8-15-12-7-10(13(17)18)5-6-14-12/h5-7,9,11,16H,1-4,8H2,(H,14,15)(H,17,18). The highest BCUT2D eigenvalue weighted by Crippen LogP contribution is 2.24. The Balaban J connectivity index is 1.86. The van der Waals surface area contributed by atoms with E-state index in [4.69, 9.17) is 5.11 Å². The lowest BCUT2D eigenvalue weighted by Crippen LogP contribution is -2.23. The number of aromatic carboxylic acids is 1. The molecule has 18 heavy (non-hydrogen) atoms. The summed E-state index contributed by atoms with van der Waals surface area (Å²) in [6.45, 7) is 0.781. The van der Waals surface area contributed by atoms with Crippen molar-refractivity contribution in [3.8, 4) is 0 Å². The smallest absolute Gasteiger partial charge is 0.335 e. The van der Waals surface area contributed by atoms with Crippen LogP contribution in [0.2, 0.25) is 0 Å². The van der Waals surface area contributed by atoms with Gasteiger partial charge in [0.15, 0.2) is 0 Å². The van der Waals surface area contributed by atoms with Crippen LogP contribution in [0.5, 0.6) is 0 Å². The van der Waals surface area contributed by atoms with E-state index in [9.17, 15) is 9.90 Å². The second kappa shape index (κ2) is 5.82. The molecule has 3 N–H and O–H groups in total. The monoisotopic (exact) mass is 250 g/mol. The summed E-state index contributed by atoms with van der Waals surface area (Å²) >= 11 is 0. The Kier molecular flexibility index (Phi) is 4.15. The van der Waals surface area contributed by atoms with Gasteiger partial charge in [-0.05, 0) is 43.7 Å². The van der Waals surface area contributed by atoms with Crippen LogP contribution >= 0.6 is 0 Å². The lowest BCUT2D eigenvalue weighted by Gasteiger charge is -2.25. The summed E-state index contributed by atoms with van der Waals surface area (Å²) < 4.78 is 0.